The molecule has 0 saturated carbocycles. The first-order valence-corrected chi connectivity index (χ1v) is 6.94. The Balaban J connectivity index is 2.04. The van der Waals surface area contributed by atoms with Crippen molar-refractivity contribution in [3.63, 3.8) is 0 Å². The fraction of sp³-hybridized carbons (Fsp3) is 0.600. The molecule has 0 aromatic heterocycles. The van der Waals surface area contributed by atoms with Gasteiger partial charge in [0.2, 0.25) is 0 Å². The number of ether oxygens (including phenoxy) is 2. The highest BCUT2D eigenvalue weighted by molar-refractivity contribution is 5.29. The second-order valence-electron chi connectivity index (χ2n) is 5.01. The molecule has 1 heterocycles. The molecule has 2 unspecified atom stereocenters. The lowest BCUT2D eigenvalue weighted by Crippen LogP contribution is -2.49. The number of aryl methyl sites for hydroxylation is 1. The van der Waals surface area contributed by atoms with E-state index in [9.17, 15) is 4.39 Å². The molecule has 2 rings (SSSR count). The third-order valence-electron chi connectivity index (χ3n) is 3.33. The van der Waals surface area contributed by atoms with Crippen LogP contribution in [0, 0.1) is 12.7 Å². The first-order valence-electron chi connectivity index (χ1n) is 6.94. The van der Waals surface area contributed by atoms with Crippen LogP contribution in [0.2, 0.25) is 0 Å². The Labute approximate surface area is 114 Å². The average Bonchev–Trinajstić information content (AvgIpc) is 2.42. The van der Waals surface area contributed by atoms with Gasteiger partial charge in [-0.05, 0) is 44.0 Å². The maximum atomic E-state index is 13.7. The molecule has 1 saturated heterocycles. The molecule has 0 amide bonds. The second-order valence-corrected chi connectivity index (χ2v) is 5.01. The molecule has 1 aromatic carbocycles. The number of rotatable bonds is 5. The fourth-order valence-electron chi connectivity index (χ4n) is 2.26. The maximum Gasteiger partial charge on any atom is 0.165 e. The van der Waals surface area contributed by atoms with Crippen molar-refractivity contribution >= 4 is 0 Å². The van der Waals surface area contributed by atoms with Crippen molar-refractivity contribution in [3.05, 3.63) is 29.6 Å². The molecule has 0 radical (unpaired) electrons. The van der Waals surface area contributed by atoms with E-state index in [-0.39, 0.29) is 18.0 Å². The Morgan fingerprint density at radius 3 is 3.11 bits per heavy atom. The summed E-state index contributed by atoms with van der Waals surface area (Å²) in [4.78, 5) is 0. The van der Waals surface area contributed by atoms with Crippen LogP contribution in [0.3, 0.4) is 0 Å². The van der Waals surface area contributed by atoms with Gasteiger partial charge in [-0.25, -0.2) is 4.39 Å². The van der Waals surface area contributed by atoms with E-state index in [1.54, 1.807) is 12.1 Å². The van der Waals surface area contributed by atoms with E-state index in [1.807, 2.05) is 6.92 Å². The number of nitrogens with one attached hydrogen (secondary N) is 1. The highest BCUT2D eigenvalue weighted by Crippen LogP contribution is 2.22. The zero-order valence-electron chi connectivity index (χ0n) is 11.6. The SMILES string of the molecule is CCCNC1CCOCC1Oc1cc(C)ccc1F. The van der Waals surface area contributed by atoms with Crippen molar-refractivity contribution in [1.82, 2.24) is 5.32 Å². The molecule has 1 aliphatic heterocycles. The van der Waals surface area contributed by atoms with E-state index in [1.165, 1.54) is 6.07 Å². The van der Waals surface area contributed by atoms with Gasteiger partial charge in [0.1, 0.15) is 6.10 Å². The van der Waals surface area contributed by atoms with Gasteiger partial charge in [0.15, 0.2) is 11.6 Å². The molecule has 1 fully saturated rings. The molecule has 0 spiro atoms. The summed E-state index contributed by atoms with van der Waals surface area (Å²) in [6, 6.07) is 5.16. The van der Waals surface area contributed by atoms with Crippen LogP contribution in [0.15, 0.2) is 18.2 Å². The zero-order valence-corrected chi connectivity index (χ0v) is 11.6. The lowest BCUT2D eigenvalue weighted by molar-refractivity contribution is -0.0160. The van der Waals surface area contributed by atoms with Crippen LogP contribution in [-0.4, -0.2) is 31.9 Å². The molecule has 1 N–H and O–H groups in total. The Hall–Kier alpha value is -1.13. The predicted octanol–water partition coefficient (Wildman–Crippen LogP) is 2.67. The number of halogens is 1. The topological polar surface area (TPSA) is 30.5 Å². The third-order valence-corrected chi connectivity index (χ3v) is 3.33. The van der Waals surface area contributed by atoms with Gasteiger partial charge < -0.3 is 14.8 Å². The Morgan fingerprint density at radius 1 is 1.47 bits per heavy atom. The fourth-order valence-corrected chi connectivity index (χ4v) is 2.26. The van der Waals surface area contributed by atoms with Gasteiger partial charge in [-0.1, -0.05) is 13.0 Å². The van der Waals surface area contributed by atoms with Gasteiger partial charge in [0.25, 0.3) is 0 Å². The minimum Gasteiger partial charge on any atom is -0.483 e. The van der Waals surface area contributed by atoms with E-state index < -0.39 is 0 Å². The highest BCUT2D eigenvalue weighted by Gasteiger charge is 2.27. The van der Waals surface area contributed by atoms with E-state index in [0.29, 0.717) is 12.4 Å². The number of benzene rings is 1. The summed E-state index contributed by atoms with van der Waals surface area (Å²) >= 11 is 0. The third kappa shape index (κ3) is 3.91. The molecule has 1 aromatic rings. The van der Waals surface area contributed by atoms with E-state index in [2.05, 4.69) is 12.2 Å². The summed E-state index contributed by atoms with van der Waals surface area (Å²) in [5.74, 6) is 0.00390. The lowest BCUT2D eigenvalue weighted by Gasteiger charge is -2.32. The first kappa shape index (κ1) is 14.3. The van der Waals surface area contributed by atoms with E-state index in [4.69, 9.17) is 9.47 Å². The van der Waals surface area contributed by atoms with E-state index >= 15 is 0 Å². The van der Waals surface area contributed by atoms with Crippen LogP contribution in [0.1, 0.15) is 25.3 Å². The normalized spacial score (nSPS) is 23.3. The monoisotopic (exact) mass is 267 g/mol. The van der Waals surface area contributed by atoms with Gasteiger partial charge in [-0.2, -0.15) is 0 Å². The number of hydrogen-bond acceptors (Lipinski definition) is 3. The van der Waals surface area contributed by atoms with Gasteiger partial charge in [0.05, 0.1) is 6.61 Å². The standard InChI is InChI=1S/C15H22FNO2/c1-3-7-17-13-6-8-18-10-15(13)19-14-9-11(2)4-5-12(14)16/h4-5,9,13,15,17H,3,6-8,10H2,1-2H3. The molecule has 1 aliphatic rings. The van der Waals surface area contributed by atoms with Gasteiger partial charge in [0, 0.05) is 12.6 Å². The smallest absolute Gasteiger partial charge is 0.165 e. The van der Waals surface area contributed by atoms with Crippen LogP contribution in [0.25, 0.3) is 0 Å². The minimum absolute atomic E-state index is 0.128. The van der Waals surface area contributed by atoms with Crippen LogP contribution in [-0.2, 0) is 4.74 Å². The summed E-state index contributed by atoms with van der Waals surface area (Å²) < 4.78 is 25.0. The quantitative estimate of drug-likeness (QED) is 0.889. The molecule has 4 heteroatoms. The summed E-state index contributed by atoms with van der Waals surface area (Å²) in [5.41, 5.74) is 0.992. The Kier molecular flexibility index (Phi) is 5.16. The summed E-state index contributed by atoms with van der Waals surface area (Å²) in [5, 5.41) is 3.45. The van der Waals surface area contributed by atoms with Crippen molar-refractivity contribution < 1.29 is 13.9 Å². The molecule has 3 nitrogen and oxygen atoms in total. The molecule has 19 heavy (non-hydrogen) atoms. The summed E-state index contributed by atoms with van der Waals surface area (Å²) in [7, 11) is 0. The molecule has 2 atom stereocenters. The largest absolute Gasteiger partial charge is 0.483 e. The van der Waals surface area contributed by atoms with Gasteiger partial charge in [-0.15, -0.1) is 0 Å². The van der Waals surface area contributed by atoms with Crippen molar-refractivity contribution in [2.45, 2.75) is 38.8 Å². The van der Waals surface area contributed by atoms with Crippen LogP contribution in [0.4, 0.5) is 4.39 Å². The zero-order chi connectivity index (χ0) is 13.7. The summed E-state index contributed by atoms with van der Waals surface area (Å²) in [6.07, 6.45) is 1.85. The van der Waals surface area contributed by atoms with Crippen molar-refractivity contribution in [2.75, 3.05) is 19.8 Å². The van der Waals surface area contributed by atoms with Crippen LogP contribution >= 0.6 is 0 Å². The molecule has 0 bridgehead atoms. The van der Waals surface area contributed by atoms with E-state index in [0.717, 1.165) is 31.6 Å². The lowest BCUT2D eigenvalue weighted by atomic mass is 10.1. The molecular formula is C15H22FNO2. The van der Waals surface area contributed by atoms with Gasteiger partial charge >= 0.3 is 0 Å². The van der Waals surface area contributed by atoms with Crippen LogP contribution in [0.5, 0.6) is 5.75 Å². The molecule has 0 aliphatic carbocycles. The first-order chi connectivity index (χ1) is 9.20. The van der Waals surface area contributed by atoms with Crippen molar-refractivity contribution in [1.29, 1.82) is 0 Å². The second kappa shape index (κ2) is 6.87. The van der Waals surface area contributed by atoms with Crippen molar-refractivity contribution in [3.8, 4) is 5.75 Å². The summed E-state index contributed by atoms with van der Waals surface area (Å²) in [6.45, 7) is 6.24. The maximum absolute atomic E-state index is 13.7. The Morgan fingerprint density at radius 2 is 2.32 bits per heavy atom. The minimum atomic E-state index is -0.314. The number of hydrogen-bond donors (Lipinski definition) is 1. The highest BCUT2D eigenvalue weighted by atomic mass is 19.1. The molecular weight excluding hydrogens is 245 g/mol. The average molecular weight is 267 g/mol. The Bertz CT molecular complexity index is 411. The molecule has 106 valence electrons. The van der Waals surface area contributed by atoms with Crippen molar-refractivity contribution in [2.24, 2.45) is 0 Å². The predicted molar refractivity (Wildman–Crippen MR) is 73.1 cm³/mol. The van der Waals surface area contributed by atoms with Crippen LogP contribution < -0.4 is 10.1 Å². The van der Waals surface area contributed by atoms with Gasteiger partial charge in [-0.3, -0.25) is 0 Å².